The molecule has 0 saturated heterocycles. The van der Waals surface area contributed by atoms with Gasteiger partial charge in [-0.3, -0.25) is 9.59 Å². The molecule has 2 aromatic carbocycles. The molecular formula is C16H10Br2I2N4O4. The van der Waals surface area contributed by atoms with Gasteiger partial charge in [0, 0.05) is 20.1 Å². The fourth-order valence-electron chi connectivity index (χ4n) is 1.79. The van der Waals surface area contributed by atoms with Gasteiger partial charge in [0.2, 0.25) is 0 Å². The van der Waals surface area contributed by atoms with Gasteiger partial charge in [-0.1, -0.05) is 31.9 Å². The van der Waals surface area contributed by atoms with Crippen molar-refractivity contribution in [3.63, 3.8) is 0 Å². The van der Waals surface area contributed by atoms with Crippen molar-refractivity contribution in [3.8, 4) is 11.5 Å². The number of nitrogens with zero attached hydrogens (tertiary/aromatic N) is 2. The van der Waals surface area contributed by atoms with Gasteiger partial charge in [0.05, 0.1) is 19.6 Å². The molecule has 0 bridgehead atoms. The lowest BCUT2D eigenvalue weighted by atomic mass is 10.2. The minimum absolute atomic E-state index is 0.000637. The van der Waals surface area contributed by atoms with Gasteiger partial charge in [0.15, 0.2) is 0 Å². The molecule has 146 valence electrons. The molecule has 0 aliphatic heterocycles. The van der Waals surface area contributed by atoms with E-state index in [2.05, 4.69) is 42.1 Å². The smallest absolute Gasteiger partial charge is 0.331 e. The van der Waals surface area contributed by atoms with E-state index in [-0.39, 0.29) is 11.5 Å². The van der Waals surface area contributed by atoms with E-state index in [1.165, 1.54) is 12.4 Å². The number of phenols is 2. The Morgan fingerprint density at radius 2 is 1.18 bits per heavy atom. The van der Waals surface area contributed by atoms with Crippen LogP contribution in [0.5, 0.6) is 11.5 Å². The Kier molecular flexibility index (Phi) is 8.63. The SMILES string of the molecule is O=C(NN=Cc1cc(Br)cc(I)c1O)C(=O)NN=Cc1cc(Br)cc(I)c1O. The summed E-state index contributed by atoms with van der Waals surface area (Å²) in [6, 6.07) is 6.62. The van der Waals surface area contributed by atoms with E-state index in [0.717, 1.165) is 8.95 Å². The fraction of sp³-hybridized carbons (Fsp3) is 0. The lowest BCUT2D eigenvalue weighted by molar-refractivity contribution is -0.139. The van der Waals surface area contributed by atoms with Gasteiger partial charge < -0.3 is 10.2 Å². The van der Waals surface area contributed by atoms with Crippen LogP contribution >= 0.6 is 77.0 Å². The zero-order chi connectivity index (χ0) is 20.8. The van der Waals surface area contributed by atoms with Crippen LogP contribution in [0, 0.1) is 7.14 Å². The maximum absolute atomic E-state index is 11.7. The molecular weight excluding hydrogens is 726 g/mol. The molecule has 0 unspecified atom stereocenters. The van der Waals surface area contributed by atoms with Crippen molar-refractivity contribution in [2.45, 2.75) is 0 Å². The molecule has 0 aromatic heterocycles. The highest BCUT2D eigenvalue weighted by Crippen LogP contribution is 2.28. The van der Waals surface area contributed by atoms with E-state index in [1.807, 2.05) is 56.0 Å². The zero-order valence-electron chi connectivity index (χ0n) is 13.6. The number of aromatic hydroxyl groups is 2. The first kappa shape index (κ1) is 23.0. The normalized spacial score (nSPS) is 11.1. The number of hydrazone groups is 2. The number of benzene rings is 2. The summed E-state index contributed by atoms with van der Waals surface area (Å²) in [4.78, 5) is 23.5. The standard InChI is InChI=1S/C16H10Br2I2N4O4/c17-9-1-7(13(25)11(19)3-9)5-21-23-15(27)16(28)24-22-6-8-2-10(18)4-12(20)14(8)26/h1-6,25-26H,(H,23,27)(H,24,28). The molecule has 0 fully saturated rings. The summed E-state index contributed by atoms with van der Waals surface area (Å²) in [5.74, 6) is -2.10. The lowest BCUT2D eigenvalue weighted by Gasteiger charge is -2.03. The van der Waals surface area contributed by atoms with Crippen LogP contribution in [0.4, 0.5) is 0 Å². The minimum Gasteiger partial charge on any atom is -0.506 e. The number of carbonyl (C=O) groups is 2. The molecule has 0 spiro atoms. The molecule has 4 N–H and O–H groups in total. The third-order valence-corrected chi connectivity index (χ3v) is 5.62. The van der Waals surface area contributed by atoms with E-state index < -0.39 is 11.8 Å². The molecule has 2 aromatic rings. The number of halogens is 4. The second-order valence-electron chi connectivity index (χ2n) is 5.05. The number of nitrogens with one attached hydrogen (secondary N) is 2. The molecule has 12 heteroatoms. The van der Waals surface area contributed by atoms with Gasteiger partial charge in [-0.05, 0) is 69.4 Å². The highest BCUT2D eigenvalue weighted by Gasteiger charge is 2.12. The van der Waals surface area contributed by atoms with Gasteiger partial charge in [-0.15, -0.1) is 0 Å². The van der Waals surface area contributed by atoms with Crippen molar-refractivity contribution in [2.24, 2.45) is 10.2 Å². The first-order chi connectivity index (χ1) is 13.2. The van der Waals surface area contributed by atoms with Gasteiger partial charge in [0.25, 0.3) is 0 Å². The van der Waals surface area contributed by atoms with Crippen LogP contribution in [0.25, 0.3) is 0 Å². The van der Waals surface area contributed by atoms with Crippen LogP contribution in [-0.2, 0) is 9.59 Å². The van der Waals surface area contributed by atoms with Crippen LogP contribution in [0.1, 0.15) is 11.1 Å². The summed E-state index contributed by atoms with van der Waals surface area (Å²) < 4.78 is 2.63. The van der Waals surface area contributed by atoms with E-state index >= 15 is 0 Å². The summed E-state index contributed by atoms with van der Waals surface area (Å²) in [6.45, 7) is 0. The van der Waals surface area contributed by atoms with Crippen molar-refractivity contribution in [1.29, 1.82) is 0 Å². The van der Waals surface area contributed by atoms with Crippen molar-refractivity contribution in [1.82, 2.24) is 10.9 Å². The minimum atomic E-state index is -1.05. The predicted molar refractivity (Wildman–Crippen MR) is 129 cm³/mol. The molecule has 0 aliphatic rings. The largest absolute Gasteiger partial charge is 0.506 e. The molecule has 2 amide bonds. The summed E-state index contributed by atoms with van der Waals surface area (Å²) in [7, 11) is 0. The van der Waals surface area contributed by atoms with E-state index in [4.69, 9.17) is 0 Å². The Bertz CT molecular complexity index is 920. The molecule has 0 saturated carbocycles. The van der Waals surface area contributed by atoms with Crippen LogP contribution in [-0.4, -0.2) is 34.5 Å². The van der Waals surface area contributed by atoms with Crippen LogP contribution in [0.2, 0.25) is 0 Å². The first-order valence-corrected chi connectivity index (χ1v) is 11.0. The highest BCUT2D eigenvalue weighted by molar-refractivity contribution is 14.1. The average Bonchev–Trinajstić information content (AvgIpc) is 2.62. The van der Waals surface area contributed by atoms with Crippen molar-refractivity contribution in [2.75, 3.05) is 0 Å². The Balaban J connectivity index is 1.96. The summed E-state index contributed by atoms with van der Waals surface area (Å²) in [5, 5.41) is 27.1. The Morgan fingerprint density at radius 3 is 1.54 bits per heavy atom. The molecule has 0 radical (unpaired) electrons. The Morgan fingerprint density at radius 1 is 0.821 bits per heavy atom. The quantitative estimate of drug-likeness (QED) is 0.167. The molecule has 0 heterocycles. The second kappa shape index (κ2) is 10.5. The van der Waals surface area contributed by atoms with Crippen molar-refractivity contribution in [3.05, 3.63) is 51.5 Å². The number of carbonyl (C=O) groups excluding carboxylic acids is 2. The van der Waals surface area contributed by atoms with Gasteiger partial charge >= 0.3 is 11.8 Å². The molecule has 2 rings (SSSR count). The van der Waals surface area contributed by atoms with Crippen molar-refractivity contribution >= 4 is 101 Å². The van der Waals surface area contributed by atoms with Gasteiger partial charge in [0.1, 0.15) is 11.5 Å². The summed E-state index contributed by atoms with van der Waals surface area (Å²) >= 11 is 10.5. The molecule has 28 heavy (non-hydrogen) atoms. The predicted octanol–water partition coefficient (Wildman–Crippen LogP) is 3.43. The molecule has 0 atom stereocenters. The van der Waals surface area contributed by atoms with E-state index in [9.17, 15) is 19.8 Å². The Hall–Kier alpha value is -1.26. The molecule has 8 nitrogen and oxygen atoms in total. The van der Waals surface area contributed by atoms with Crippen LogP contribution < -0.4 is 10.9 Å². The number of hydrogen-bond acceptors (Lipinski definition) is 6. The summed E-state index contributed by atoms with van der Waals surface area (Å²) in [6.07, 6.45) is 2.41. The van der Waals surface area contributed by atoms with Crippen molar-refractivity contribution < 1.29 is 19.8 Å². The number of amides is 2. The number of hydrogen-bond donors (Lipinski definition) is 4. The van der Waals surface area contributed by atoms with E-state index in [1.54, 1.807) is 24.3 Å². The third kappa shape index (κ3) is 6.38. The number of rotatable bonds is 4. The average molecular weight is 736 g/mol. The third-order valence-electron chi connectivity index (χ3n) is 3.06. The molecule has 0 aliphatic carbocycles. The van der Waals surface area contributed by atoms with Gasteiger partial charge in [-0.25, -0.2) is 10.9 Å². The maximum atomic E-state index is 11.7. The topological polar surface area (TPSA) is 123 Å². The first-order valence-electron chi connectivity index (χ1n) is 7.21. The Labute approximate surface area is 203 Å². The monoisotopic (exact) mass is 734 g/mol. The van der Waals surface area contributed by atoms with Crippen LogP contribution in [0.3, 0.4) is 0 Å². The highest BCUT2D eigenvalue weighted by atomic mass is 127. The second-order valence-corrected chi connectivity index (χ2v) is 9.20. The number of phenolic OH excluding ortho intramolecular Hbond substituents is 2. The van der Waals surface area contributed by atoms with Gasteiger partial charge in [-0.2, -0.15) is 10.2 Å². The fourth-order valence-corrected chi connectivity index (χ4v) is 4.89. The maximum Gasteiger partial charge on any atom is 0.331 e. The zero-order valence-corrected chi connectivity index (χ0v) is 21.1. The van der Waals surface area contributed by atoms with E-state index in [0.29, 0.717) is 18.3 Å². The summed E-state index contributed by atoms with van der Waals surface area (Å²) in [5.41, 5.74) is 4.78. The lowest BCUT2D eigenvalue weighted by Crippen LogP contribution is -2.35. The van der Waals surface area contributed by atoms with Crippen LogP contribution in [0.15, 0.2) is 43.4 Å².